The first-order valence-corrected chi connectivity index (χ1v) is 10.1. The lowest BCUT2D eigenvalue weighted by molar-refractivity contribution is -0.126. The highest BCUT2D eigenvalue weighted by Gasteiger charge is 2.34. The molecule has 1 amide bonds. The van der Waals surface area contributed by atoms with E-state index < -0.39 is 10.0 Å². The van der Waals surface area contributed by atoms with Gasteiger partial charge in [0.15, 0.2) is 5.17 Å². The van der Waals surface area contributed by atoms with Gasteiger partial charge in [-0.3, -0.25) is 9.69 Å². The second-order valence-corrected chi connectivity index (χ2v) is 8.28. The topological polar surface area (TPSA) is 92.8 Å². The lowest BCUT2D eigenvalue weighted by Crippen LogP contribution is -2.40. The van der Waals surface area contributed by atoms with Gasteiger partial charge in [-0.25, -0.2) is 18.5 Å². The highest BCUT2D eigenvalue weighted by molar-refractivity contribution is 8.15. The van der Waals surface area contributed by atoms with Gasteiger partial charge in [0.25, 0.3) is 0 Å². The molecule has 1 aromatic rings. The number of primary sulfonamides is 1. The van der Waals surface area contributed by atoms with E-state index in [2.05, 4.69) is 4.99 Å². The highest BCUT2D eigenvalue weighted by Crippen LogP contribution is 2.31. The molecule has 1 saturated carbocycles. The Morgan fingerprint density at radius 3 is 2.39 bits per heavy atom. The Labute approximate surface area is 140 Å². The van der Waals surface area contributed by atoms with Crippen molar-refractivity contribution in [2.24, 2.45) is 10.1 Å². The molecular weight excluding hydrogens is 334 g/mol. The third-order valence-corrected chi connectivity index (χ3v) is 6.00. The Hall–Kier alpha value is -1.38. The van der Waals surface area contributed by atoms with Gasteiger partial charge in [0.05, 0.1) is 16.3 Å². The molecule has 2 N–H and O–H groups in total. The Morgan fingerprint density at radius 2 is 1.78 bits per heavy atom. The molecule has 1 heterocycles. The standard InChI is InChI=1S/C15H19N3O3S2/c16-23(20,21)13-8-6-11(7-9-13)17-15-18(14(19)10-22-15)12-4-2-1-3-5-12/h6-9,12H,1-5,10H2,(H2,16,20,21)/b17-15-. The number of carbonyl (C=O) groups is 1. The maximum absolute atomic E-state index is 12.2. The number of carbonyl (C=O) groups excluding carboxylic acids is 1. The number of aliphatic imine (C=N–C) groups is 1. The van der Waals surface area contributed by atoms with E-state index in [0.717, 1.165) is 25.7 Å². The molecule has 6 nitrogen and oxygen atoms in total. The summed E-state index contributed by atoms with van der Waals surface area (Å²) in [6, 6.07) is 6.32. The van der Waals surface area contributed by atoms with Crippen LogP contribution in [0, 0.1) is 0 Å². The number of thioether (sulfide) groups is 1. The van der Waals surface area contributed by atoms with Crippen molar-refractivity contribution in [3.8, 4) is 0 Å². The zero-order chi connectivity index (χ0) is 16.4. The number of sulfonamides is 1. The van der Waals surface area contributed by atoms with E-state index >= 15 is 0 Å². The van der Waals surface area contributed by atoms with Crippen LogP contribution in [0.5, 0.6) is 0 Å². The van der Waals surface area contributed by atoms with Gasteiger partial charge in [-0.15, -0.1) is 0 Å². The van der Waals surface area contributed by atoms with Crippen molar-refractivity contribution in [1.82, 2.24) is 4.90 Å². The molecule has 0 aromatic heterocycles. The van der Waals surface area contributed by atoms with Gasteiger partial charge in [-0.2, -0.15) is 0 Å². The van der Waals surface area contributed by atoms with Crippen LogP contribution in [-0.2, 0) is 14.8 Å². The van der Waals surface area contributed by atoms with Crippen LogP contribution in [0.4, 0.5) is 5.69 Å². The molecule has 0 unspecified atom stereocenters. The van der Waals surface area contributed by atoms with Crippen LogP contribution in [0.1, 0.15) is 32.1 Å². The van der Waals surface area contributed by atoms with E-state index in [1.807, 2.05) is 4.90 Å². The summed E-state index contributed by atoms with van der Waals surface area (Å²) in [5.41, 5.74) is 0.621. The molecular formula is C15H19N3O3S2. The summed E-state index contributed by atoms with van der Waals surface area (Å²) in [6.07, 6.45) is 5.57. The third kappa shape index (κ3) is 3.76. The summed E-state index contributed by atoms with van der Waals surface area (Å²) >= 11 is 1.44. The Bertz CT molecular complexity index is 723. The molecule has 1 aromatic carbocycles. The van der Waals surface area contributed by atoms with Crippen molar-refractivity contribution in [2.45, 2.75) is 43.0 Å². The summed E-state index contributed by atoms with van der Waals surface area (Å²) < 4.78 is 22.6. The smallest absolute Gasteiger partial charge is 0.239 e. The average Bonchev–Trinajstić information content (AvgIpc) is 2.88. The summed E-state index contributed by atoms with van der Waals surface area (Å²) in [5, 5.41) is 5.80. The van der Waals surface area contributed by atoms with Gasteiger partial charge in [0.2, 0.25) is 15.9 Å². The van der Waals surface area contributed by atoms with E-state index in [9.17, 15) is 13.2 Å². The van der Waals surface area contributed by atoms with Crippen molar-refractivity contribution in [3.05, 3.63) is 24.3 Å². The minimum Gasteiger partial charge on any atom is -0.287 e. The summed E-state index contributed by atoms with van der Waals surface area (Å²) in [5.74, 6) is 0.534. The number of amidine groups is 1. The van der Waals surface area contributed by atoms with Crippen LogP contribution in [0.2, 0.25) is 0 Å². The summed E-state index contributed by atoms with van der Waals surface area (Å²) in [7, 11) is -3.70. The lowest BCUT2D eigenvalue weighted by atomic mass is 9.94. The molecule has 0 radical (unpaired) electrons. The number of hydrogen-bond donors (Lipinski definition) is 1. The van der Waals surface area contributed by atoms with Crippen molar-refractivity contribution >= 4 is 38.5 Å². The quantitative estimate of drug-likeness (QED) is 0.902. The number of benzene rings is 1. The first-order chi connectivity index (χ1) is 10.9. The molecule has 124 valence electrons. The lowest BCUT2D eigenvalue weighted by Gasteiger charge is -2.30. The fraction of sp³-hybridized carbons (Fsp3) is 0.467. The third-order valence-electron chi connectivity index (χ3n) is 4.13. The normalized spacial score (nSPS) is 22.0. The van der Waals surface area contributed by atoms with Crippen LogP contribution >= 0.6 is 11.8 Å². The highest BCUT2D eigenvalue weighted by atomic mass is 32.2. The van der Waals surface area contributed by atoms with E-state index in [1.165, 1.54) is 30.3 Å². The van der Waals surface area contributed by atoms with Gasteiger partial charge in [0.1, 0.15) is 0 Å². The molecule has 2 aliphatic rings. The first kappa shape index (κ1) is 16.5. The second kappa shape index (κ2) is 6.62. The van der Waals surface area contributed by atoms with Crippen molar-refractivity contribution < 1.29 is 13.2 Å². The zero-order valence-corrected chi connectivity index (χ0v) is 14.3. The SMILES string of the molecule is NS(=O)(=O)c1ccc(/N=C2\SCC(=O)N2C2CCCCC2)cc1. The van der Waals surface area contributed by atoms with Crippen LogP contribution < -0.4 is 5.14 Å². The Morgan fingerprint density at radius 1 is 1.13 bits per heavy atom. The van der Waals surface area contributed by atoms with Crippen molar-refractivity contribution in [3.63, 3.8) is 0 Å². The van der Waals surface area contributed by atoms with Crippen LogP contribution in [0.3, 0.4) is 0 Å². The van der Waals surface area contributed by atoms with Gasteiger partial charge < -0.3 is 0 Å². The molecule has 1 aliphatic heterocycles. The van der Waals surface area contributed by atoms with Crippen molar-refractivity contribution in [2.75, 3.05) is 5.75 Å². The van der Waals surface area contributed by atoms with E-state index in [1.54, 1.807) is 12.1 Å². The molecule has 23 heavy (non-hydrogen) atoms. The number of amides is 1. The summed E-state index contributed by atoms with van der Waals surface area (Å²) in [4.78, 5) is 18.6. The predicted molar refractivity (Wildman–Crippen MR) is 91.1 cm³/mol. The van der Waals surface area contributed by atoms with Crippen LogP contribution in [-0.4, -0.2) is 36.2 Å². The zero-order valence-electron chi connectivity index (χ0n) is 12.6. The molecule has 2 fully saturated rings. The number of hydrogen-bond acceptors (Lipinski definition) is 5. The van der Waals surface area contributed by atoms with Gasteiger partial charge in [0, 0.05) is 6.04 Å². The van der Waals surface area contributed by atoms with Gasteiger partial charge in [-0.05, 0) is 37.1 Å². The minimum atomic E-state index is -3.70. The molecule has 0 bridgehead atoms. The largest absolute Gasteiger partial charge is 0.287 e. The molecule has 8 heteroatoms. The molecule has 0 atom stereocenters. The maximum Gasteiger partial charge on any atom is 0.239 e. The van der Waals surface area contributed by atoms with Gasteiger partial charge >= 0.3 is 0 Å². The molecule has 1 aliphatic carbocycles. The minimum absolute atomic E-state index is 0.0562. The maximum atomic E-state index is 12.2. The van der Waals surface area contributed by atoms with E-state index in [-0.39, 0.29) is 16.8 Å². The van der Waals surface area contributed by atoms with E-state index in [0.29, 0.717) is 16.6 Å². The average molecular weight is 353 g/mol. The fourth-order valence-electron chi connectivity index (χ4n) is 2.98. The van der Waals surface area contributed by atoms with Crippen molar-refractivity contribution in [1.29, 1.82) is 0 Å². The van der Waals surface area contributed by atoms with Gasteiger partial charge in [-0.1, -0.05) is 31.0 Å². The predicted octanol–water partition coefficient (Wildman–Crippen LogP) is 2.23. The number of nitrogens with zero attached hydrogens (tertiary/aromatic N) is 2. The van der Waals surface area contributed by atoms with Crippen LogP contribution in [0.25, 0.3) is 0 Å². The second-order valence-electron chi connectivity index (χ2n) is 5.78. The van der Waals surface area contributed by atoms with E-state index in [4.69, 9.17) is 5.14 Å². The molecule has 3 rings (SSSR count). The molecule has 1 saturated heterocycles. The Balaban J connectivity index is 1.83. The number of nitrogens with two attached hydrogens (primary N) is 1. The summed E-state index contributed by atoms with van der Waals surface area (Å²) in [6.45, 7) is 0. The Kier molecular flexibility index (Phi) is 4.74. The molecule has 0 spiro atoms. The fourth-order valence-corrected chi connectivity index (χ4v) is 4.45. The first-order valence-electron chi connectivity index (χ1n) is 7.61. The number of rotatable bonds is 3. The van der Waals surface area contributed by atoms with Crippen LogP contribution in [0.15, 0.2) is 34.2 Å². The monoisotopic (exact) mass is 353 g/mol.